The van der Waals surface area contributed by atoms with Gasteiger partial charge in [0.05, 0.1) is 12.0 Å². The minimum Gasteiger partial charge on any atom is -0.480 e. The molecule has 1 atom stereocenters. The molecule has 1 fully saturated rings. The smallest absolute Gasteiger partial charge is 0.246 e. The fourth-order valence-electron chi connectivity index (χ4n) is 2.29. The summed E-state index contributed by atoms with van der Waals surface area (Å²) in [6, 6.07) is 9.16. The topological polar surface area (TPSA) is 72.5 Å². The van der Waals surface area contributed by atoms with Crippen LogP contribution >= 0.6 is 0 Å². The number of nitrogens with zero attached hydrogens (tertiary/aromatic N) is 1. The van der Waals surface area contributed by atoms with Crippen molar-refractivity contribution < 1.29 is 18.7 Å². The van der Waals surface area contributed by atoms with Crippen molar-refractivity contribution >= 4 is 16.8 Å². The molecule has 20 heavy (non-hydrogen) atoms. The average molecular weight is 271 g/mol. The number of para-hydroxylation sites is 1. The first kappa shape index (κ1) is 12.7. The zero-order chi connectivity index (χ0) is 13.9. The molecule has 0 N–H and O–H groups in total. The van der Waals surface area contributed by atoms with Crippen molar-refractivity contribution in [3.05, 3.63) is 30.0 Å². The van der Waals surface area contributed by atoms with E-state index in [0.29, 0.717) is 29.9 Å². The Morgan fingerprint density at radius 3 is 3.05 bits per heavy atom. The third-order valence-corrected chi connectivity index (χ3v) is 3.40. The second-order valence-electron chi connectivity index (χ2n) is 4.68. The van der Waals surface area contributed by atoms with Gasteiger partial charge in [-0.3, -0.25) is 4.79 Å². The van der Waals surface area contributed by atoms with Crippen LogP contribution in [-0.4, -0.2) is 25.6 Å². The maximum Gasteiger partial charge on any atom is 0.246 e. The molecule has 5 heteroatoms. The number of ether oxygens (including phenoxy) is 2. The summed E-state index contributed by atoms with van der Waals surface area (Å²) >= 11 is 0. The van der Waals surface area contributed by atoms with Gasteiger partial charge >= 0.3 is 0 Å². The van der Waals surface area contributed by atoms with Gasteiger partial charge in [-0.2, -0.15) is 5.26 Å². The number of ketones is 1. The molecule has 2 heterocycles. The Bertz CT molecular complexity index is 677. The highest BCUT2D eigenvalue weighted by atomic mass is 16.5. The molecular weight excluding hydrogens is 258 g/mol. The van der Waals surface area contributed by atoms with E-state index in [-0.39, 0.29) is 24.1 Å². The van der Waals surface area contributed by atoms with Gasteiger partial charge in [0.1, 0.15) is 18.3 Å². The number of rotatable bonds is 4. The highest BCUT2D eigenvalue weighted by Crippen LogP contribution is 2.32. The van der Waals surface area contributed by atoms with Gasteiger partial charge in [-0.15, -0.1) is 0 Å². The lowest BCUT2D eigenvalue weighted by atomic mass is 10.0. The normalized spacial score (nSPS) is 18.1. The Morgan fingerprint density at radius 1 is 1.45 bits per heavy atom. The molecule has 1 aromatic carbocycles. The number of carbonyl (C=O) groups is 1. The van der Waals surface area contributed by atoms with Crippen LogP contribution in [0.25, 0.3) is 11.0 Å². The van der Waals surface area contributed by atoms with Crippen LogP contribution in [0.1, 0.15) is 12.2 Å². The highest BCUT2D eigenvalue weighted by Gasteiger charge is 2.25. The van der Waals surface area contributed by atoms with Crippen LogP contribution in [0.15, 0.2) is 28.7 Å². The number of furan rings is 1. The lowest BCUT2D eigenvalue weighted by molar-refractivity contribution is -0.124. The van der Waals surface area contributed by atoms with E-state index in [9.17, 15) is 4.79 Å². The van der Waals surface area contributed by atoms with Gasteiger partial charge in [0.15, 0.2) is 11.5 Å². The summed E-state index contributed by atoms with van der Waals surface area (Å²) in [4.78, 5) is 12.0. The molecule has 0 bridgehead atoms. The third kappa shape index (κ3) is 2.26. The van der Waals surface area contributed by atoms with Crippen LogP contribution < -0.4 is 4.74 Å². The molecule has 1 aliphatic heterocycles. The van der Waals surface area contributed by atoms with Gasteiger partial charge in [-0.1, -0.05) is 12.1 Å². The summed E-state index contributed by atoms with van der Waals surface area (Å²) in [5, 5.41) is 9.78. The molecule has 0 amide bonds. The van der Waals surface area contributed by atoms with Crippen molar-refractivity contribution in [2.24, 2.45) is 5.92 Å². The summed E-state index contributed by atoms with van der Waals surface area (Å²) in [7, 11) is 0. The molecule has 1 unspecified atom stereocenters. The second-order valence-corrected chi connectivity index (χ2v) is 4.68. The number of fused-ring (bicyclic) bond motifs is 1. The Morgan fingerprint density at radius 2 is 2.30 bits per heavy atom. The second kappa shape index (κ2) is 5.35. The molecule has 1 aliphatic rings. The molecule has 3 rings (SSSR count). The van der Waals surface area contributed by atoms with E-state index in [1.54, 1.807) is 12.1 Å². The average Bonchev–Trinajstić information content (AvgIpc) is 3.12. The number of Topliss-reactive ketones (excluding diaryl/α,β-unsaturated/α-hetero) is 1. The SMILES string of the molecule is N#Cc1oc2ccccc2c1OCC(=O)C1CCOC1. The predicted molar refractivity (Wildman–Crippen MR) is 70.4 cm³/mol. The fraction of sp³-hybridized carbons (Fsp3) is 0.333. The number of carbonyl (C=O) groups excluding carboxylic acids is 1. The Kier molecular flexibility index (Phi) is 3.40. The molecule has 102 valence electrons. The maximum atomic E-state index is 12.0. The van der Waals surface area contributed by atoms with E-state index in [1.165, 1.54) is 0 Å². The van der Waals surface area contributed by atoms with E-state index < -0.39 is 0 Å². The van der Waals surface area contributed by atoms with Crippen LogP contribution in [0.3, 0.4) is 0 Å². The minimum atomic E-state index is -0.0984. The van der Waals surface area contributed by atoms with E-state index in [2.05, 4.69) is 0 Å². The predicted octanol–water partition coefficient (Wildman–Crippen LogP) is 2.29. The van der Waals surface area contributed by atoms with Crippen molar-refractivity contribution in [3.63, 3.8) is 0 Å². The van der Waals surface area contributed by atoms with Crippen molar-refractivity contribution in [3.8, 4) is 11.8 Å². The van der Waals surface area contributed by atoms with Crippen LogP contribution in [-0.2, 0) is 9.53 Å². The fourth-order valence-corrected chi connectivity index (χ4v) is 2.29. The van der Waals surface area contributed by atoms with Crippen LogP contribution in [0.5, 0.6) is 5.75 Å². The monoisotopic (exact) mass is 271 g/mol. The summed E-state index contributed by atoms with van der Waals surface area (Å²) < 4.78 is 16.1. The van der Waals surface area contributed by atoms with Crippen molar-refractivity contribution in [2.45, 2.75) is 6.42 Å². The number of benzene rings is 1. The van der Waals surface area contributed by atoms with Gasteiger partial charge in [-0.05, 0) is 18.6 Å². The lowest BCUT2D eigenvalue weighted by Crippen LogP contribution is -2.21. The molecule has 5 nitrogen and oxygen atoms in total. The van der Waals surface area contributed by atoms with Gasteiger partial charge in [0.25, 0.3) is 0 Å². The highest BCUT2D eigenvalue weighted by molar-refractivity contribution is 5.88. The zero-order valence-corrected chi connectivity index (χ0v) is 10.8. The largest absolute Gasteiger partial charge is 0.480 e. The molecule has 2 aromatic rings. The van der Waals surface area contributed by atoms with Gasteiger partial charge in [0, 0.05) is 12.5 Å². The van der Waals surface area contributed by atoms with Crippen LogP contribution in [0, 0.1) is 17.2 Å². The number of nitriles is 1. The summed E-state index contributed by atoms with van der Waals surface area (Å²) in [5.41, 5.74) is 0.579. The first-order chi connectivity index (χ1) is 9.79. The summed E-state index contributed by atoms with van der Waals surface area (Å²) in [6.07, 6.45) is 0.736. The molecule has 0 aliphatic carbocycles. The minimum absolute atomic E-state index is 0.00308. The number of hydrogen-bond acceptors (Lipinski definition) is 5. The Hall–Kier alpha value is -2.32. The maximum absolute atomic E-state index is 12.0. The van der Waals surface area contributed by atoms with Gasteiger partial charge in [-0.25, -0.2) is 0 Å². The van der Waals surface area contributed by atoms with Crippen LogP contribution in [0.2, 0.25) is 0 Å². The standard InChI is InChI=1S/C15H13NO4/c16-7-14-15(11-3-1-2-4-13(11)20-14)19-9-12(17)10-5-6-18-8-10/h1-4,10H,5-6,8-9H2. The van der Waals surface area contributed by atoms with E-state index in [1.807, 2.05) is 18.2 Å². The molecule has 1 saturated heterocycles. The third-order valence-electron chi connectivity index (χ3n) is 3.40. The molecular formula is C15H13NO4. The van der Waals surface area contributed by atoms with Crippen molar-refractivity contribution in [1.82, 2.24) is 0 Å². The summed E-state index contributed by atoms with van der Waals surface area (Å²) in [6.45, 7) is 1.01. The Balaban J connectivity index is 1.80. The van der Waals surface area contributed by atoms with E-state index >= 15 is 0 Å². The summed E-state index contributed by atoms with van der Waals surface area (Å²) in [5.74, 6) is 0.340. The number of hydrogen-bond donors (Lipinski definition) is 0. The van der Waals surface area contributed by atoms with Crippen molar-refractivity contribution in [1.29, 1.82) is 5.26 Å². The lowest BCUT2D eigenvalue weighted by Gasteiger charge is -2.07. The molecule has 0 radical (unpaired) electrons. The van der Waals surface area contributed by atoms with Gasteiger partial charge in [0.2, 0.25) is 5.76 Å². The van der Waals surface area contributed by atoms with Crippen molar-refractivity contribution in [2.75, 3.05) is 19.8 Å². The van der Waals surface area contributed by atoms with E-state index in [4.69, 9.17) is 19.2 Å². The first-order valence-electron chi connectivity index (χ1n) is 6.44. The molecule has 0 saturated carbocycles. The van der Waals surface area contributed by atoms with E-state index in [0.717, 1.165) is 6.42 Å². The molecule has 1 aromatic heterocycles. The first-order valence-corrected chi connectivity index (χ1v) is 6.44. The quantitative estimate of drug-likeness (QED) is 0.853. The van der Waals surface area contributed by atoms with Gasteiger partial charge < -0.3 is 13.9 Å². The Labute approximate surface area is 115 Å². The molecule has 0 spiro atoms. The zero-order valence-electron chi connectivity index (χ0n) is 10.8. The van der Waals surface area contributed by atoms with Crippen LogP contribution in [0.4, 0.5) is 0 Å².